The SMILES string of the molecule is N#Cc1cccc(NC(=O)C2CCN(c3ccc(Cl)nn3)CC2)c1. The van der Waals surface area contributed by atoms with Crippen molar-refractivity contribution in [3.63, 3.8) is 0 Å². The number of benzene rings is 1. The van der Waals surface area contributed by atoms with E-state index in [1.807, 2.05) is 6.07 Å². The van der Waals surface area contributed by atoms with Crippen LogP contribution in [0, 0.1) is 17.2 Å². The van der Waals surface area contributed by atoms with Gasteiger partial charge in [0.2, 0.25) is 5.91 Å². The first-order valence-electron chi connectivity index (χ1n) is 7.71. The Morgan fingerprint density at radius 2 is 2.04 bits per heavy atom. The van der Waals surface area contributed by atoms with Gasteiger partial charge in [0.15, 0.2) is 11.0 Å². The highest BCUT2D eigenvalue weighted by atomic mass is 35.5. The van der Waals surface area contributed by atoms with E-state index in [4.69, 9.17) is 16.9 Å². The predicted molar refractivity (Wildman–Crippen MR) is 91.8 cm³/mol. The molecule has 1 amide bonds. The zero-order chi connectivity index (χ0) is 16.9. The molecule has 0 unspecified atom stereocenters. The second kappa shape index (κ2) is 7.28. The Morgan fingerprint density at radius 1 is 1.25 bits per heavy atom. The number of carbonyl (C=O) groups is 1. The number of anilines is 2. The molecule has 1 aromatic heterocycles. The largest absolute Gasteiger partial charge is 0.355 e. The van der Waals surface area contributed by atoms with Crippen molar-refractivity contribution in [3.8, 4) is 6.07 Å². The molecule has 2 aromatic rings. The van der Waals surface area contributed by atoms with Gasteiger partial charge in [0, 0.05) is 24.7 Å². The molecule has 122 valence electrons. The Bertz CT molecular complexity index is 763. The van der Waals surface area contributed by atoms with Gasteiger partial charge in [0.25, 0.3) is 0 Å². The highest BCUT2D eigenvalue weighted by molar-refractivity contribution is 6.29. The van der Waals surface area contributed by atoms with E-state index in [1.54, 1.807) is 30.3 Å². The van der Waals surface area contributed by atoms with E-state index in [0.29, 0.717) is 16.4 Å². The number of aromatic nitrogens is 2. The number of hydrogen-bond donors (Lipinski definition) is 1. The topological polar surface area (TPSA) is 81.9 Å². The van der Waals surface area contributed by atoms with E-state index in [-0.39, 0.29) is 11.8 Å². The van der Waals surface area contributed by atoms with Crippen LogP contribution in [0.1, 0.15) is 18.4 Å². The van der Waals surface area contributed by atoms with Crippen molar-refractivity contribution in [3.05, 3.63) is 47.1 Å². The number of nitrogens with zero attached hydrogens (tertiary/aromatic N) is 4. The molecule has 0 spiro atoms. The zero-order valence-electron chi connectivity index (χ0n) is 12.9. The van der Waals surface area contributed by atoms with E-state index >= 15 is 0 Å². The minimum absolute atomic E-state index is 0.00747. The van der Waals surface area contributed by atoms with Crippen LogP contribution in [0.2, 0.25) is 5.15 Å². The predicted octanol–water partition coefficient (Wildman–Crippen LogP) is 2.86. The fourth-order valence-corrected chi connectivity index (χ4v) is 2.86. The minimum Gasteiger partial charge on any atom is -0.355 e. The summed E-state index contributed by atoms with van der Waals surface area (Å²) in [5.74, 6) is 0.721. The Hall–Kier alpha value is -2.65. The molecule has 1 aromatic carbocycles. The van der Waals surface area contributed by atoms with Crippen LogP contribution in [0.5, 0.6) is 0 Å². The molecular weight excluding hydrogens is 326 g/mol. The third-order valence-electron chi connectivity index (χ3n) is 4.07. The van der Waals surface area contributed by atoms with E-state index in [2.05, 4.69) is 26.5 Å². The van der Waals surface area contributed by atoms with Gasteiger partial charge in [-0.25, -0.2) is 0 Å². The number of amides is 1. The van der Waals surface area contributed by atoms with E-state index < -0.39 is 0 Å². The third kappa shape index (κ3) is 3.81. The van der Waals surface area contributed by atoms with E-state index in [0.717, 1.165) is 31.7 Å². The fourth-order valence-electron chi connectivity index (χ4n) is 2.76. The lowest BCUT2D eigenvalue weighted by molar-refractivity contribution is -0.120. The molecule has 7 heteroatoms. The number of nitrogens with one attached hydrogen (secondary N) is 1. The van der Waals surface area contributed by atoms with Gasteiger partial charge in [-0.2, -0.15) is 5.26 Å². The molecule has 1 aliphatic rings. The van der Waals surface area contributed by atoms with Gasteiger partial charge in [-0.05, 0) is 43.2 Å². The summed E-state index contributed by atoms with van der Waals surface area (Å²) in [7, 11) is 0. The zero-order valence-corrected chi connectivity index (χ0v) is 13.7. The molecule has 3 rings (SSSR count). The highest BCUT2D eigenvalue weighted by Gasteiger charge is 2.25. The van der Waals surface area contributed by atoms with Crippen LogP contribution in [-0.2, 0) is 4.79 Å². The number of halogens is 1. The second-order valence-electron chi connectivity index (χ2n) is 5.66. The lowest BCUT2D eigenvalue weighted by Gasteiger charge is -2.31. The van der Waals surface area contributed by atoms with E-state index in [9.17, 15) is 4.79 Å². The first-order valence-corrected chi connectivity index (χ1v) is 8.09. The van der Waals surface area contributed by atoms with Gasteiger partial charge < -0.3 is 10.2 Å². The summed E-state index contributed by atoms with van der Waals surface area (Å²) in [4.78, 5) is 14.5. The highest BCUT2D eigenvalue weighted by Crippen LogP contribution is 2.23. The molecule has 1 saturated heterocycles. The number of carbonyl (C=O) groups excluding carboxylic acids is 1. The molecule has 1 fully saturated rings. The Balaban J connectivity index is 1.57. The summed E-state index contributed by atoms with van der Waals surface area (Å²) in [5.41, 5.74) is 1.19. The van der Waals surface area contributed by atoms with Crippen molar-refractivity contribution < 1.29 is 4.79 Å². The second-order valence-corrected chi connectivity index (χ2v) is 6.04. The summed E-state index contributed by atoms with van der Waals surface area (Å²) in [6.07, 6.45) is 1.49. The molecule has 0 bridgehead atoms. The summed E-state index contributed by atoms with van der Waals surface area (Å²) in [5, 5.41) is 20.1. The Labute approximate surface area is 145 Å². The molecular formula is C17H16ClN5O. The molecule has 2 heterocycles. The van der Waals surface area contributed by atoms with Gasteiger partial charge in [-0.3, -0.25) is 4.79 Å². The quantitative estimate of drug-likeness (QED) is 0.928. The smallest absolute Gasteiger partial charge is 0.227 e. The lowest BCUT2D eigenvalue weighted by atomic mass is 9.95. The van der Waals surface area contributed by atoms with Crippen LogP contribution in [0.4, 0.5) is 11.5 Å². The van der Waals surface area contributed by atoms with Crippen LogP contribution in [0.25, 0.3) is 0 Å². The molecule has 0 aliphatic carbocycles. The maximum absolute atomic E-state index is 12.4. The van der Waals surface area contributed by atoms with Gasteiger partial charge >= 0.3 is 0 Å². The van der Waals surface area contributed by atoms with Gasteiger partial charge in [0.05, 0.1) is 11.6 Å². The van der Waals surface area contributed by atoms with Crippen molar-refractivity contribution >= 4 is 29.0 Å². The monoisotopic (exact) mass is 341 g/mol. The summed E-state index contributed by atoms with van der Waals surface area (Å²) in [6, 6.07) is 12.6. The third-order valence-corrected chi connectivity index (χ3v) is 4.27. The molecule has 6 nitrogen and oxygen atoms in total. The standard InChI is InChI=1S/C17H16ClN5O/c18-15-4-5-16(22-21-15)23-8-6-13(7-9-23)17(24)20-14-3-1-2-12(10-14)11-19/h1-5,10,13H,6-9H2,(H,20,24). The van der Waals surface area contributed by atoms with Crippen LogP contribution < -0.4 is 10.2 Å². The van der Waals surface area contributed by atoms with Gasteiger partial charge in [0.1, 0.15) is 0 Å². The van der Waals surface area contributed by atoms with Crippen molar-refractivity contribution in [1.29, 1.82) is 5.26 Å². The van der Waals surface area contributed by atoms with E-state index in [1.165, 1.54) is 0 Å². The van der Waals surface area contributed by atoms with Crippen molar-refractivity contribution in [2.24, 2.45) is 5.92 Å². The van der Waals surface area contributed by atoms with Gasteiger partial charge in [-0.15, -0.1) is 10.2 Å². The summed E-state index contributed by atoms with van der Waals surface area (Å²) in [6.45, 7) is 1.49. The molecule has 24 heavy (non-hydrogen) atoms. The number of piperidine rings is 1. The van der Waals surface area contributed by atoms with Crippen LogP contribution in [-0.4, -0.2) is 29.2 Å². The average Bonchev–Trinajstić information content (AvgIpc) is 2.62. The molecule has 1 N–H and O–H groups in total. The normalized spacial score (nSPS) is 14.9. The summed E-state index contributed by atoms with van der Waals surface area (Å²) >= 11 is 5.75. The fraction of sp³-hybridized carbons (Fsp3) is 0.294. The number of rotatable bonds is 3. The maximum atomic E-state index is 12.4. The minimum atomic E-state index is -0.0488. The molecule has 1 aliphatic heterocycles. The van der Waals surface area contributed by atoms with Crippen molar-refractivity contribution in [2.45, 2.75) is 12.8 Å². The first-order chi connectivity index (χ1) is 11.7. The van der Waals surface area contributed by atoms with Crippen LogP contribution >= 0.6 is 11.6 Å². The van der Waals surface area contributed by atoms with Crippen molar-refractivity contribution in [2.75, 3.05) is 23.3 Å². The number of hydrogen-bond acceptors (Lipinski definition) is 5. The Morgan fingerprint density at radius 3 is 2.71 bits per heavy atom. The average molecular weight is 342 g/mol. The van der Waals surface area contributed by atoms with Crippen LogP contribution in [0.3, 0.4) is 0 Å². The number of nitriles is 1. The molecule has 0 radical (unpaired) electrons. The maximum Gasteiger partial charge on any atom is 0.227 e. The lowest BCUT2D eigenvalue weighted by Crippen LogP contribution is -2.38. The summed E-state index contributed by atoms with van der Waals surface area (Å²) < 4.78 is 0. The Kier molecular flexibility index (Phi) is 4.92. The molecule has 0 saturated carbocycles. The molecule has 0 atom stereocenters. The van der Waals surface area contributed by atoms with Crippen molar-refractivity contribution in [1.82, 2.24) is 10.2 Å². The first kappa shape index (κ1) is 16.2. The van der Waals surface area contributed by atoms with Gasteiger partial charge in [-0.1, -0.05) is 17.7 Å². The van der Waals surface area contributed by atoms with Crippen LogP contribution in [0.15, 0.2) is 36.4 Å².